The molecule has 0 radical (unpaired) electrons. The van der Waals surface area contributed by atoms with Gasteiger partial charge < -0.3 is 15.4 Å². The van der Waals surface area contributed by atoms with Crippen molar-refractivity contribution in [1.29, 1.82) is 0 Å². The number of nitrogen functional groups attached to an aromatic ring is 1. The first-order valence-corrected chi connectivity index (χ1v) is 6.01. The second-order valence-electron chi connectivity index (χ2n) is 4.55. The van der Waals surface area contributed by atoms with Gasteiger partial charge in [-0.05, 0) is 31.2 Å². The molecule has 1 aromatic carbocycles. The monoisotopic (exact) mass is 259 g/mol. The number of hydrogen-bond acceptors (Lipinski definition) is 4. The third-order valence-electron chi connectivity index (χ3n) is 2.85. The Kier molecular flexibility index (Phi) is 3.55. The lowest BCUT2D eigenvalue weighted by Gasteiger charge is -2.19. The Balaban J connectivity index is 2.36. The maximum absolute atomic E-state index is 11.8. The lowest BCUT2D eigenvalue weighted by Crippen LogP contribution is -2.35. The lowest BCUT2D eigenvalue weighted by molar-refractivity contribution is -0.135. The van der Waals surface area contributed by atoms with E-state index >= 15 is 0 Å². The quantitative estimate of drug-likeness (QED) is 0.851. The molecule has 100 valence electrons. The average molecular weight is 259 g/mol. The fraction of sp³-hybridized carbons (Fsp3) is 0.286. The minimum absolute atomic E-state index is 0.0890. The normalized spacial score (nSPS) is 12.2. The fourth-order valence-electron chi connectivity index (χ4n) is 1.88. The molecular formula is C14H17N3O2. The number of nitrogens with zero attached hydrogens (tertiary/aromatic N) is 2. The molecule has 2 rings (SSSR count). The number of carbonyl (C=O) groups is 1. The van der Waals surface area contributed by atoms with E-state index in [0.29, 0.717) is 17.0 Å². The SMILES string of the molecule is CC(Oc1ccc(N)c2ncccc12)C(=O)N(C)C. The number of likely N-dealkylation sites (N-methyl/N-ethyl adjacent to an activating group) is 1. The predicted octanol–water partition coefficient (Wildman–Crippen LogP) is 1.67. The first-order valence-electron chi connectivity index (χ1n) is 6.01. The van der Waals surface area contributed by atoms with E-state index in [-0.39, 0.29) is 5.91 Å². The summed E-state index contributed by atoms with van der Waals surface area (Å²) in [4.78, 5) is 17.5. The van der Waals surface area contributed by atoms with Crippen LogP contribution in [0.25, 0.3) is 10.9 Å². The summed E-state index contributed by atoms with van der Waals surface area (Å²) in [5, 5.41) is 0.806. The summed E-state index contributed by atoms with van der Waals surface area (Å²) in [5.41, 5.74) is 7.15. The van der Waals surface area contributed by atoms with E-state index in [1.54, 1.807) is 39.3 Å². The molecular weight excluding hydrogens is 242 g/mol. The zero-order chi connectivity index (χ0) is 14.0. The van der Waals surface area contributed by atoms with Crippen LogP contribution in [-0.4, -0.2) is 36.0 Å². The minimum atomic E-state index is -0.554. The van der Waals surface area contributed by atoms with Crippen molar-refractivity contribution in [2.75, 3.05) is 19.8 Å². The van der Waals surface area contributed by atoms with Gasteiger partial charge >= 0.3 is 0 Å². The Labute approximate surface area is 112 Å². The average Bonchev–Trinajstić information content (AvgIpc) is 2.41. The van der Waals surface area contributed by atoms with E-state index in [2.05, 4.69) is 4.98 Å². The Bertz CT molecular complexity index is 611. The van der Waals surface area contributed by atoms with Gasteiger partial charge in [0, 0.05) is 25.7 Å². The van der Waals surface area contributed by atoms with E-state index in [9.17, 15) is 4.79 Å². The van der Waals surface area contributed by atoms with E-state index in [1.807, 2.05) is 12.1 Å². The van der Waals surface area contributed by atoms with Crippen LogP contribution in [0.15, 0.2) is 30.5 Å². The largest absolute Gasteiger partial charge is 0.480 e. The van der Waals surface area contributed by atoms with E-state index in [4.69, 9.17) is 10.5 Å². The van der Waals surface area contributed by atoms with Crippen LogP contribution < -0.4 is 10.5 Å². The van der Waals surface area contributed by atoms with Crippen LogP contribution in [0.4, 0.5) is 5.69 Å². The molecule has 0 saturated heterocycles. The molecule has 0 saturated carbocycles. The van der Waals surface area contributed by atoms with Gasteiger partial charge in [-0.25, -0.2) is 0 Å². The number of benzene rings is 1. The van der Waals surface area contributed by atoms with Crippen molar-refractivity contribution in [3.8, 4) is 5.75 Å². The van der Waals surface area contributed by atoms with Crippen molar-refractivity contribution in [2.45, 2.75) is 13.0 Å². The van der Waals surface area contributed by atoms with Gasteiger partial charge in [0.1, 0.15) is 5.75 Å². The molecule has 0 aliphatic carbocycles. The molecule has 19 heavy (non-hydrogen) atoms. The zero-order valence-corrected chi connectivity index (χ0v) is 11.3. The summed E-state index contributed by atoms with van der Waals surface area (Å²) >= 11 is 0. The number of hydrogen-bond donors (Lipinski definition) is 1. The molecule has 2 aromatic rings. The molecule has 0 bridgehead atoms. The van der Waals surface area contributed by atoms with Crippen LogP contribution in [0, 0.1) is 0 Å². The standard InChI is InChI=1S/C14H17N3O2/c1-9(14(18)17(2)3)19-12-7-6-11(15)13-10(12)5-4-8-16-13/h4-9H,15H2,1-3H3. The summed E-state index contributed by atoms with van der Waals surface area (Å²) in [7, 11) is 3.40. The molecule has 1 aromatic heterocycles. The highest BCUT2D eigenvalue weighted by molar-refractivity contribution is 5.94. The molecule has 2 N–H and O–H groups in total. The van der Waals surface area contributed by atoms with Gasteiger partial charge in [0.25, 0.3) is 5.91 Å². The lowest BCUT2D eigenvalue weighted by atomic mass is 10.1. The van der Waals surface area contributed by atoms with Crippen LogP contribution >= 0.6 is 0 Å². The molecule has 0 spiro atoms. The topological polar surface area (TPSA) is 68.5 Å². The second kappa shape index (κ2) is 5.14. The number of ether oxygens (including phenoxy) is 1. The Hall–Kier alpha value is -2.30. The summed E-state index contributed by atoms with van der Waals surface area (Å²) in [6.45, 7) is 1.72. The Morgan fingerprint density at radius 1 is 1.37 bits per heavy atom. The molecule has 5 heteroatoms. The van der Waals surface area contributed by atoms with E-state index in [0.717, 1.165) is 5.39 Å². The van der Waals surface area contributed by atoms with Crippen LogP contribution in [0.5, 0.6) is 5.75 Å². The van der Waals surface area contributed by atoms with Crippen molar-refractivity contribution in [2.24, 2.45) is 0 Å². The first-order chi connectivity index (χ1) is 9.00. The minimum Gasteiger partial charge on any atom is -0.480 e. The highest BCUT2D eigenvalue weighted by Crippen LogP contribution is 2.29. The summed E-state index contributed by atoms with van der Waals surface area (Å²) in [5.74, 6) is 0.522. The molecule has 1 atom stereocenters. The number of fused-ring (bicyclic) bond motifs is 1. The smallest absolute Gasteiger partial charge is 0.262 e. The zero-order valence-electron chi connectivity index (χ0n) is 11.3. The van der Waals surface area contributed by atoms with Crippen LogP contribution in [-0.2, 0) is 4.79 Å². The number of rotatable bonds is 3. The highest BCUT2D eigenvalue weighted by Gasteiger charge is 2.18. The number of anilines is 1. The summed E-state index contributed by atoms with van der Waals surface area (Å²) < 4.78 is 5.72. The van der Waals surface area contributed by atoms with Crippen molar-refractivity contribution >= 4 is 22.5 Å². The van der Waals surface area contributed by atoms with Gasteiger partial charge in [0.05, 0.1) is 11.2 Å². The van der Waals surface area contributed by atoms with Gasteiger partial charge in [0.2, 0.25) is 0 Å². The van der Waals surface area contributed by atoms with Crippen LogP contribution in [0.2, 0.25) is 0 Å². The van der Waals surface area contributed by atoms with Crippen molar-refractivity contribution < 1.29 is 9.53 Å². The van der Waals surface area contributed by atoms with Crippen LogP contribution in [0.3, 0.4) is 0 Å². The van der Waals surface area contributed by atoms with Gasteiger partial charge in [-0.1, -0.05) is 0 Å². The fourth-order valence-corrected chi connectivity index (χ4v) is 1.88. The first kappa shape index (κ1) is 13.1. The van der Waals surface area contributed by atoms with Crippen molar-refractivity contribution in [1.82, 2.24) is 9.88 Å². The maximum atomic E-state index is 11.8. The molecule has 0 aliphatic heterocycles. The van der Waals surface area contributed by atoms with Gasteiger partial charge in [-0.3, -0.25) is 9.78 Å². The van der Waals surface area contributed by atoms with Crippen molar-refractivity contribution in [3.05, 3.63) is 30.5 Å². The Morgan fingerprint density at radius 2 is 2.11 bits per heavy atom. The van der Waals surface area contributed by atoms with Gasteiger partial charge in [-0.15, -0.1) is 0 Å². The highest BCUT2D eigenvalue weighted by atomic mass is 16.5. The van der Waals surface area contributed by atoms with E-state index in [1.165, 1.54) is 4.90 Å². The van der Waals surface area contributed by atoms with Crippen LogP contribution in [0.1, 0.15) is 6.92 Å². The molecule has 1 unspecified atom stereocenters. The summed E-state index contributed by atoms with van der Waals surface area (Å²) in [6.07, 6.45) is 1.12. The molecule has 0 fully saturated rings. The molecule has 1 amide bonds. The number of carbonyl (C=O) groups excluding carboxylic acids is 1. The Morgan fingerprint density at radius 3 is 2.79 bits per heavy atom. The molecule has 0 aliphatic rings. The van der Waals surface area contributed by atoms with Gasteiger partial charge in [-0.2, -0.15) is 0 Å². The third-order valence-corrected chi connectivity index (χ3v) is 2.85. The summed E-state index contributed by atoms with van der Waals surface area (Å²) in [6, 6.07) is 7.18. The van der Waals surface area contributed by atoms with E-state index < -0.39 is 6.10 Å². The third kappa shape index (κ3) is 2.59. The maximum Gasteiger partial charge on any atom is 0.262 e. The number of amides is 1. The number of aromatic nitrogens is 1. The number of nitrogens with two attached hydrogens (primary N) is 1. The second-order valence-corrected chi connectivity index (χ2v) is 4.55. The number of pyridine rings is 1. The molecule has 1 heterocycles. The van der Waals surface area contributed by atoms with Gasteiger partial charge in [0.15, 0.2) is 6.10 Å². The van der Waals surface area contributed by atoms with Crippen molar-refractivity contribution in [3.63, 3.8) is 0 Å². The molecule has 5 nitrogen and oxygen atoms in total. The predicted molar refractivity (Wildman–Crippen MR) is 74.9 cm³/mol.